The van der Waals surface area contributed by atoms with Crippen LogP contribution in [0.15, 0.2) is 18.3 Å². The first-order valence-corrected chi connectivity index (χ1v) is 7.29. The van der Waals surface area contributed by atoms with Crippen LogP contribution in [-0.4, -0.2) is 30.8 Å². The van der Waals surface area contributed by atoms with E-state index in [-0.39, 0.29) is 0 Å². The van der Waals surface area contributed by atoms with Crippen molar-refractivity contribution in [2.75, 3.05) is 19.8 Å². The van der Waals surface area contributed by atoms with E-state index in [2.05, 4.69) is 16.4 Å². The molecule has 0 radical (unpaired) electrons. The molecule has 1 aliphatic carbocycles. The largest absolute Gasteiger partial charge is 0.477 e. The molecule has 1 N–H and O–H groups in total. The smallest absolute Gasteiger partial charge is 0.213 e. The predicted octanol–water partition coefficient (Wildman–Crippen LogP) is 2.14. The monoisotopic (exact) mass is 262 g/mol. The van der Waals surface area contributed by atoms with Crippen LogP contribution in [0.5, 0.6) is 5.88 Å². The first-order valence-electron chi connectivity index (χ1n) is 7.29. The minimum absolute atomic E-state index is 0.617. The van der Waals surface area contributed by atoms with E-state index in [1.165, 1.54) is 18.4 Å². The number of rotatable bonds is 6. The Morgan fingerprint density at radius 3 is 2.74 bits per heavy atom. The van der Waals surface area contributed by atoms with Gasteiger partial charge in [-0.2, -0.15) is 0 Å². The molecule has 4 heteroatoms. The maximum absolute atomic E-state index is 5.75. The van der Waals surface area contributed by atoms with Crippen molar-refractivity contribution in [1.82, 2.24) is 10.3 Å². The summed E-state index contributed by atoms with van der Waals surface area (Å²) < 4.78 is 11.1. The third kappa shape index (κ3) is 4.18. The fraction of sp³-hybridized carbons (Fsp3) is 0.667. The highest BCUT2D eigenvalue weighted by Gasteiger charge is 2.20. The van der Waals surface area contributed by atoms with Crippen LogP contribution in [0.4, 0.5) is 0 Å². The SMILES string of the molecule is c1cc(OCC2CCOCC2)ncc1CNC1CC1. The lowest BCUT2D eigenvalue weighted by Gasteiger charge is -2.21. The summed E-state index contributed by atoms with van der Waals surface area (Å²) in [4.78, 5) is 4.37. The Bertz CT molecular complexity index is 384. The van der Waals surface area contributed by atoms with E-state index >= 15 is 0 Å². The Morgan fingerprint density at radius 1 is 1.21 bits per heavy atom. The fourth-order valence-electron chi connectivity index (χ4n) is 2.27. The summed E-state index contributed by atoms with van der Waals surface area (Å²) in [5.74, 6) is 1.36. The zero-order chi connectivity index (χ0) is 12.9. The zero-order valence-electron chi connectivity index (χ0n) is 11.3. The normalized spacial score (nSPS) is 20.4. The molecule has 1 aromatic heterocycles. The van der Waals surface area contributed by atoms with Crippen LogP contribution in [0.1, 0.15) is 31.2 Å². The van der Waals surface area contributed by atoms with Crippen molar-refractivity contribution in [3.63, 3.8) is 0 Å². The van der Waals surface area contributed by atoms with Crippen LogP contribution >= 0.6 is 0 Å². The Balaban J connectivity index is 1.42. The number of nitrogens with zero attached hydrogens (tertiary/aromatic N) is 1. The van der Waals surface area contributed by atoms with E-state index in [1.54, 1.807) is 0 Å². The van der Waals surface area contributed by atoms with Gasteiger partial charge >= 0.3 is 0 Å². The van der Waals surface area contributed by atoms with Crippen LogP contribution in [0.2, 0.25) is 0 Å². The minimum Gasteiger partial charge on any atom is -0.477 e. The molecule has 2 aliphatic rings. The lowest BCUT2D eigenvalue weighted by Crippen LogP contribution is -2.21. The number of nitrogens with one attached hydrogen (secondary N) is 1. The van der Waals surface area contributed by atoms with Gasteiger partial charge in [0.15, 0.2) is 0 Å². The van der Waals surface area contributed by atoms with Crippen molar-refractivity contribution in [3.8, 4) is 5.88 Å². The summed E-state index contributed by atoms with van der Waals surface area (Å²) in [7, 11) is 0. The summed E-state index contributed by atoms with van der Waals surface area (Å²) in [5.41, 5.74) is 1.23. The number of ether oxygens (including phenoxy) is 2. The molecule has 0 amide bonds. The maximum Gasteiger partial charge on any atom is 0.213 e. The van der Waals surface area contributed by atoms with Crippen LogP contribution in [0.25, 0.3) is 0 Å². The van der Waals surface area contributed by atoms with Crippen molar-refractivity contribution in [3.05, 3.63) is 23.9 Å². The molecular weight excluding hydrogens is 240 g/mol. The average Bonchev–Trinajstić information content (AvgIpc) is 3.29. The minimum atomic E-state index is 0.617. The Hall–Kier alpha value is -1.13. The van der Waals surface area contributed by atoms with Crippen molar-refractivity contribution < 1.29 is 9.47 Å². The van der Waals surface area contributed by atoms with Gasteiger partial charge in [-0.15, -0.1) is 0 Å². The second-order valence-electron chi connectivity index (χ2n) is 5.53. The van der Waals surface area contributed by atoms with Gasteiger partial charge in [-0.25, -0.2) is 4.98 Å². The lowest BCUT2D eigenvalue weighted by atomic mass is 10.0. The number of aromatic nitrogens is 1. The molecule has 0 bridgehead atoms. The van der Waals surface area contributed by atoms with Gasteiger partial charge in [0.25, 0.3) is 0 Å². The van der Waals surface area contributed by atoms with Crippen LogP contribution in [-0.2, 0) is 11.3 Å². The molecule has 4 nitrogen and oxygen atoms in total. The summed E-state index contributed by atoms with van der Waals surface area (Å²) >= 11 is 0. The van der Waals surface area contributed by atoms with E-state index in [4.69, 9.17) is 9.47 Å². The molecule has 0 spiro atoms. The molecule has 0 aromatic carbocycles. The molecule has 2 fully saturated rings. The van der Waals surface area contributed by atoms with Gasteiger partial charge in [-0.3, -0.25) is 0 Å². The zero-order valence-corrected chi connectivity index (χ0v) is 11.3. The topological polar surface area (TPSA) is 43.4 Å². The first kappa shape index (κ1) is 12.9. The van der Waals surface area contributed by atoms with Gasteiger partial charge in [0.1, 0.15) is 0 Å². The van der Waals surface area contributed by atoms with Gasteiger partial charge in [0.05, 0.1) is 6.61 Å². The van der Waals surface area contributed by atoms with Gasteiger partial charge < -0.3 is 14.8 Å². The van der Waals surface area contributed by atoms with E-state index in [9.17, 15) is 0 Å². The van der Waals surface area contributed by atoms with E-state index in [0.29, 0.717) is 5.92 Å². The maximum atomic E-state index is 5.75. The highest BCUT2D eigenvalue weighted by Crippen LogP contribution is 2.20. The predicted molar refractivity (Wildman–Crippen MR) is 73.1 cm³/mol. The summed E-state index contributed by atoms with van der Waals surface area (Å²) in [6.45, 7) is 3.41. The first-order chi connectivity index (χ1) is 9.40. The Kier molecular flexibility index (Phi) is 4.30. The molecule has 1 saturated carbocycles. The number of hydrogen-bond donors (Lipinski definition) is 1. The molecule has 1 aromatic rings. The fourth-order valence-corrected chi connectivity index (χ4v) is 2.27. The van der Waals surface area contributed by atoms with E-state index in [0.717, 1.165) is 51.1 Å². The second-order valence-corrected chi connectivity index (χ2v) is 5.53. The van der Waals surface area contributed by atoms with Crippen LogP contribution in [0.3, 0.4) is 0 Å². The van der Waals surface area contributed by atoms with Crippen LogP contribution < -0.4 is 10.1 Å². The highest BCUT2D eigenvalue weighted by molar-refractivity contribution is 5.18. The molecule has 2 heterocycles. The van der Waals surface area contributed by atoms with Crippen molar-refractivity contribution >= 4 is 0 Å². The quantitative estimate of drug-likeness (QED) is 0.853. The van der Waals surface area contributed by atoms with E-state index in [1.807, 2.05) is 12.3 Å². The highest BCUT2D eigenvalue weighted by atomic mass is 16.5. The summed E-state index contributed by atoms with van der Waals surface area (Å²) in [6.07, 6.45) is 6.75. The molecule has 19 heavy (non-hydrogen) atoms. The molecule has 0 unspecified atom stereocenters. The Labute approximate surface area is 114 Å². The van der Waals surface area contributed by atoms with Gasteiger partial charge in [-0.05, 0) is 37.2 Å². The molecule has 1 aliphatic heterocycles. The van der Waals surface area contributed by atoms with E-state index < -0.39 is 0 Å². The molecule has 3 rings (SSSR count). The number of hydrogen-bond acceptors (Lipinski definition) is 4. The van der Waals surface area contributed by atoms with Gasteiger partial charge in [-0.1, -0.05) is 6.07 Å². The average molecular weight is 262 g/mol. The van der Waals surface area contributed by atoms with Crippen molar-refractivity contribution in [1.29, 1.82) is 0 Å². The van der Waals surface area contributed by atoms with Gasteiger partial charge in [0.2, 0.25) is 5.88 Å². The summed E-state index contributed by atoms with van der Waals surface area (Å²) in [5, 5.41) is 3.48. The molecule has 0 atom stereocenters. The third-order valence-corrected chi connectivity index (χ3v) is 3.78. The summed E-state index contributed by atoms with van der Waals surface area (Å²) in [6, 6.07) is 4.81. The standard InChI is InChI=1S/C15H22N2O2/c1-4-15(19-11-12-5-7-18-8-6-12)17-10-13(1)9-16-14-2-3-14/h1,4,10,12,14,16H,2-3,5-9,11H2. The van der Waals surface area contributed by atoms with Crippen molar-refractivity contribution in [2.24, 2.45) is 5.92 Å². The van der Waals surface area contributed by atoms with Crippen molar-refractivity contribution in [2.45, 2.75) is 38.3 Å². The molecule has 104 valence electrons. The second kappa shape index (κ2) is 6.35. The third-order valence-electron chi connectivity index (χ3n) is 3.78. The lowest BCUT2D eigenvalue weighted by molar-refractivity contribution is 0.0490. The molecule has 1 saturated heterocycles. The molecular formula is C15H22N2O2. The van der Waals surface area contributed by atoms with Crippen LogP contribution in [0, 0.1) is 5.92 Å². The number of pyridine rings is 1. The van der Waals surface area contributed by atoms with Gasteiger partial charge in [0, 0.05) is 38.1 Å². The Morgan fingerprint density at radius 2 is 2.05 bits per heavy atom.